The molecular weight excluding hydrogens is 242 g/mol. The van der Waals surface area contributed by atoms with Crippen LogP contribution in [0.2, 0.25) is 5.02 Å². The smallest absolute Gasteiger partial charge is 0.244 e. The van der Waals surface area contributed by atoms with Crippen molar-refractivity contribution in [2.24, 2.45) is 0 Å². The Bertz CT molecular complexity index is 624. The van der Waals surface area contributed by atoms with Crippen molar-refractivity contribution in [1.82, 2.24) is 19.8 Å². The van der Waals surface area contributed by atoms with E-state index in [0.717, 1.165) is 9.36 Å². The first-order valence-corrected chi connectivity index (χ1v) is 5.26. The quantitative estimate of drug-likeness (QED) is 0.813. The normalized spacial score (nSPS) is 10.1. The number of benzene rings is 1. The van der Waals surface area contributed by atoms with Crippen molar-refractivity contribution in [1.29, 1.82) is 5.26 Å². The van der Waals surface area contributed by atoms with E-state index in [1.54, 1.807) is 24.3 Å². The summed E-state index contributed by atoms with van der Waals surface area (Å²) in [5.41, 5.74) is 0.160. The first-order valence-electron chi connectivity index (χ1n) is 4.88. The summed E-state index contributed by atoms with van der Waals surface area (Å²) in [6, 6.07) is 8.69. The second-order valence-electron chi connectivity index (χ2n) is 3.28. The van der Waals surface area contributed by atoms with Gasteiger partial charge in [-0.25, -0.2) is 4.79 Å². The van der Waals surface area contributed by atoms with Crippen molar-refractivity contribution in [3.05, 3.63) is 39.8 Å². The average Bonchev–Trinajstić information content (AvgIpc) is 2.68. The summed E-state index contributed by atoms with van der Waals surface area (Å²) in [5, 5.41) is 16.4. The highest BCUT2D eigenvalue weighted by Crippen LogP contribution is 2.11. The molecule has 0 fully saturated rings. The molecular formula is C10H8ClN5O. The van der Waals surface area contributed by atoms with Gasteiger partial charge in [0.15, 0.2) is 0 Å². The highest BCUT2D eigenvalue weighted by atomic mass is 35.5. The Morgan fingerprint density at radius 3 is 2.94 bits per heavy atom. The second kappa shape index (κ2) is 4.80. The molecule has 0 aliphatic carbocycles. The molecule has 0 atom stereocenters. The van der Waals surface area contributed by atoms with Gasteiger partial charge in [-0.1, -0.05) is 17.7 Å². The third kappa shape index (κ3) is 2.34. The van der Waals surface area contributed by atoms with E-state index in [2.05, 4.69) is 10.4 Å². The molecule has 2 rings (SSSR count). The highest BCUT2D eigenvalue weighted by Gasteiger charge is 2.08. The summed E-state index contributed by atoms with van der Waals surface area (Å²) in [5.74, 6) is 0. The Morgan fingerprint density at radius 1 is 1.41 bits per heavy atom. The molecule has 0 bridgehead atoms. The molecule has 1 aromatic carbocycles. The lowest BCUT2D eigenvalue weighted by atomic mass is 10.3. The SMILES string of the molecule is N#CCCn1nnn(-c2cccc(Cl)c2)c1=O. The third-order valence-electron chi connectivity index (χ3n) is 2.13. The minimum Gasteiger partial charge on any atom is -0.244 e. The van der Waals surface area contributed by atoms with E-state index in [9.17, 15) is 4.79 Å². The Balaban J connectivity index is 2.38. The number of nitriles is 1. The van der Waals surface area contributed by atoms with Gasteiger partial charge in [0.05, 0.1) is 24.7 Å². The van der Waals surface area contributed by atoms with Crippen LogP contribution in [0.15, 0.2) is 29.1 Å². The summed E-state index contributed by atoms with van der Waals surface area (Å²) in [7, 11) is 0. The van der Waals surface area contributed by atoms with Gasteiger partial charge in [0.25, 0.3) is 0 Å². The van der Waals surface area contributed by atoms with Crippen LogP contribution in [0.4, 0.5) is 0 Å². The zero-order valence-electron chi connectivity index (χ0n) is 8.75. The number of hydrogen-bond donors (Lipinski definition) is 0. The largest absolute Gasteiger partial charge is 0.368 e. The third-order valence-corrected chi connectivity index (χ3v) is 2.36. The molecule has 17 heavy (non-hydrogen) atoms. The van der Waals surface area contributed by atoms with Crippen LogP contribution < -0.4 is 5.69 Å². The average molecular weight is 250 g/mol. The summed E-state index contributed by atoms with van der Waals surface area (Å²) in [6.45, 7) is 0.232. The maximum Gasteiger partial charge on any atom is 0.368 e. The maximum atomic E-state index is 11.8. The summed E-state index contributed by atoms with van der Waals surface area (Å²) < 4.78 is 2.29. The number of aromatic nitrogens is 4. The van der Waals surface area contributed by atoms with Crippen LogP contribution in [0.5, 0.6) is 0 Å². The lowest BCUT2D eigenvalue weighted by molar-refractivity contribution is 0.584. The minimum absolute atomic E-state index is 0.216. The fraction of sp³-hybridized carbons (Fsp3) is 0.200. The summed E-state index contributed by atoms with van der Waals surface area (Å²) in [4.78, 5) is 11.8. The second-order valence-corrected chi connectivity index (χ2v) is 3.72. The van der Waals surface area contributed by atoms with Gasteiger partial charge in [-0.3, -0.25) is 0 Å². The molecule has 0 aliphatic rings. The standard InChI is InChI=1S/C10H8ClN5O/c11-8-3-1-4-9(7-8)16-10(17)15(13-14-16)6-2-5-12/h1,3-4,7H,2,6H2. The first-order chi connectivity index (χ1) is 8.22. The molecule has 7 heteroatoms. The molecule has 86 valence electrons. The zero-order chi connectivity index (χ0) is 12.3. The van der Waals surface area contributed by atoms with Gasteiger partial charge >= 0.3 is 5.69 Å². The van der Waals surface area contributed by atoms with E-state index in [4.69, 9.17) is 16.9 Å². The van der Waals surface area contributed by atoms with E-state index in [1.165, 1.54) is 0 Å². The van der Waals surface area contributed by atoms with Crippen LogP contribution in [-0.4, -0.2) is 19.8 Å². The van der Waals surface area contributed by atoms with Crippen LogP contribution >= 0.6 is 11.6 Å². The first kappa shape index (κ1) is 11.4. The van der Waals surface area contributed by atoms with Crippen LogP contribution in [0.25, 0.3) is 5.69 Å². The van der Waals surface area contributed by atoms with E-state index < -0.39 is 0 Å². The molecule has 0 N–H and O–H groups in total. The Hall–Kier alpha value is -2.13. The molecule has 1 aromatic heterocycles. The molecule has 0 saturated carbocycles. The molecule has 0 spiro atoms. The lowest BCUT2D eigenvalue weighted by Crippen LogP contribution is -2.24. The molecule has 6 nitrogen and oxygen atoms in total. The molecule has 0 aliphatic heterocycles. The summed E-state index contributed by atoms with van der Waals surface area (Å²) in [6.07, 6.45) is 0.216. The summed E-state index contributed by atoms with van der Waals surface area (Å²) >= 11 is 5.82. The topological polar surface area (TPSA) is 76.5 Å². The van der Waals surface area contributed by atoms with E-state index in [-0.39, 0.29) is 18.7 Å². The molecule has 0 radical (unpaired) electrons. The number of hydrogen-bond acceptors (Lipinski definition) is 4. The van der Waals surface area contributed by atoms with Crippen molar-refractivity contribution in [3.8, 4) is 11.8 Å². The Labute approximate surface area is 102 Å². The molecule has 1 heterocycles. The molecule has 0 saturated heterocycles. The predicted octanol–water partition coefficient (Wildman–Crippen LogP) is 0.996. The van der Waals surface area contributed by atoms with Crippen molar-refractivity contribution in [2.75, 3.05) is 0 Å². The number of halogens is 1. The number of rotatable bonds is 3. The lowest BCUT2D eigenvalue weighted by Gasteiger charge is -1.97. The van der Waals surface area contributed by atoms with Crippen molar-refractivity contribution in [3.63, 3.8) is 0 Å². The Morgan fingerprint density at radius 2 is 2.24 bits per heavy atom. The number of aryl methyl sites for hydroxylation is 1. The molecule has 0 unspecified atom stereocenters. The van der Waals surface area contributed by atoms with E-state index in [0.29, 0.717) is 10.7 Å². The number of nitrogens with zero attached hydrogens (tertiary/aromatic N) is 5. The molecule has 0 amide bonds. The van der Waals surface area contributed by atoms with Crippen molar-refractivity contribution >= 4 is 11.6 Å². The van der Waals surface area contributed by atoms with Gasteiger partial charge in [-0.15, -0.1) is 0 Å². The Kier molecular flexibility index (Phi) is 3.21. The van der Waals surface area contributed by atoms with E-state index >= 15 is 0 Å². The van der Waals surface area contributed by atoms with Crippen LogP contribution in [0.3, 0.4) is 0 Å². The van der Waals surface area contributed by atoms with Gasteiger partial charge in [-0.2, -0.15) is 14.6 Å². The van der Waals surface area contributed by atoms with Crippen molar-refractivity contribution in [2.45, 2.75) is 13.0 Å². The van der Waals surface area contributed by atoms with Gasteiger partial charge in [0, 0.05) is 5.02 Å². The van der Waals surface area contributed by atoms with Gasteiger partial charge in [0.1, 0.15) is 0 Å². The fourth-order valence-electron chi connectivity index (χ4n) is 1.34. The maximum absolute atomic E-state index is 11.8. The van der Waals surface area contributed by atoms with Gasteiger partial charge in [-0.05, 0) is 28.6 Å². The fourth-order valence-corrected chi connectivity index (χ4v) is 1.52. The molecule has 2 aromatic rings. The van der Waals surface area contributed by atoms with Gasteiger partial charge < -0.3 is 0 Å². The predicted molar refractivity (Wildman–Crippen MR) is 60.9 cm³/mol. The monoisotopic (exact) mass is 249 g/mol. The number of tetrazole rings is 1. The minimum atomic E-state index is -0.387. The van der Waals surface area contributed by atoms with Crippen molar-refractivity contribution < 1.29 is 0 Å². The zero-order valence-corrected chi connectivity index (χ0v) is 9.50. The van der Waals surface area contributed by atoms with E-state index in [1.807, 2.05) is 6.07 Å². The van der Waals surface area contributed by atoms with Gasteiger partial charge in [0.2, 0.25) is 0 Å². The highest BCUT2D eigenvalue weighted by molar-refractivity contribution is 6.30. The van der Waals surface area contributed by atoms with Crippen LogP contribution in [0.1, 0.15) is 6.42 Å². The van der Waals surface area contributed by atoms with Crippen LogP contribution in [-0.2, 0) is 6.54 Å². The van der Waals surface area contributed by atoms with Crippen LogP contribution in [0, 0.1) is 11.3 Å².